The van der Waals surface area contributed by atoms with Crippen LogP contribution >= 0.6 is 0 Å². The summed E-state index contributed by atoms with van der Waals surface area (Å²) < 4.78 is 0. The summed E-state index contributed by atoms with van der Waals surface area (Å²) in [7, 11) is 0. The molecule has 0 amide bonds. The monoisotopic (exact) mass is 1710 g/mol. The van der Waals surface area contributed by atoms with Crippen molar-refractivity contribution in [1.82, 2.24) is 0 Å². The maximum atomic E-state index is 12.9. The summed E-state index contributed by atoms with van der Waals surface area (Å²) in [4.78, 5) is 0. The summed E-state index contributed by atoms with van der Waals surface area (Å²) in [6, 6.07) is 140. The maximum absolute atomic E-state index is 12.9. The zero-order valence-corrected chi connectivity index (χ0v) is 72.3. The van der Waals surface area contributed by atoms with Gasteiger partial charge < -0.3 is 30.6 Å². The highest BCUT2D eigenvalue weighted by molar-refractivity contribution is 6.44. The first kappa shape index (κ1) is 75.7. The highest BCUT2D eigenvalue weighted by Crippen LogP contribution is 2.56. The molecule has 0 aromatic heterocycles. The van der Waals surface area contributed by atoms with Gasteiger partial charge in [-0.25, -0.2) is 0 Å². The molecule has 626 valence electrons. The molecule has 0 fully saturated rings. The predicted molar refractivity (Wildman–Crippen MR) is 559 cm³/mol. The number of aliphatic hydroxyl groups is 6. The lowest BCUT2D eigenvalue weighted by Gasteiger charge is -2.26. The number of rotatable bonds is 12. The van der Waals surface area contributed by atoms with Crippen LogP contribution in [0.25, 0.3) is 237 Å². The summed E-state index contributed by atoms with van der Waals surface area (Å²) in [5, 5.41) is 125. The zero-order chi connectivity index (χ0) is 88.5. The fraction of sp³-hybridized carbons (Fsp3) is 0.0469. The van der Waals surface area contributed by atoms with Gasteiger partial charge in [-0.05, 0) is 389 Å². The van der Waals surface area contributed by atoms with Gasteiger partial charge in [-0.3, -0.25) is 0 Å². The van der Waals surface area contributed by atoms with E-state index < -0.39 is 36.6 Å². The average Bonchev–Trinajstić information content (AvgIpc) is 0.652. The summed E-state index contributed by atoms with van der Waals surface area (Å²) in [5.74, 6) is 0. The third-order valence-electron chi connectivity index (χ3n) is 30.6. The molecule has 0 aliphatic rings. The van der Waals surface area contributed by atoms with Gasteiger partial charge in [0, 0.05) is 0 Å². The third kappa shape index (κ3) is 10.8. The van der Waals surface area contributed by atoms with E-state index in [0.717, 1.165) is 212 Å². The fourth-order valence-electron chi connectivity index (χ4n) is 24.6. The van der Waals surface area contributed by atoms with Crippen molar-refractivity contribution in [2.45, 2.75) is 36.6 Å². The summed E-state index contributed by atoms with van der Waals surface area (Å²) in [6.45, 7) is 0. The second kappa shape index (κ2) is 28.2. The van der Waals surface area contributed by atoms with Crippen molar-refractivity contribution < 1.29 is 30.6 Å². The fourth-order valence-corrected chi connectivity index (χ4v) is 24.6. The molecule has 0 aliphatic heterocycles. The van der Waals surface area contributed by atoms with E-state index in [9.17, 15) is 30.6 Å². The van der Waals surface area contributed by atoms with Gasteiger partial charge in [0.05, 0.1) is 0 Å². The molecule has 0 aliphatic carbocycles. The molecule has 0 spiro atoms. The minimum atomic E-state index is -1.03. The van der Waals surface area contributed by atoms with Crippen LogP contribution in [0.15, 0.2) is 400 Å². The van der Waals surface area contributed by atoms with Gasteiger partial charge in [-0.1, -0.05) is 315 Å². The lowest BCUT2D eigenvalue weighted by Crippen LogP contribution is -2.07. The number of hydrogen-bond donors (Lipinski definition) is 6. The lowest BCUT2D eigenvalue weighted by atomic mass is 9.79. The Hall–Kier alpha value is -16.1. The smallest absolute Gasteiger partial charge is 0.105 e. The van der Waals surface area contributed by atoms with Crippen molar-refractivity contribution in [3.63, 3.8) is 0 Å². The Kier molecular flexibility index (Phi) is 15.9. The zero-order valence-electron chi connectivity index (χ0n) is 72.3. The topological polar surface area (TPSA) is 121 Å². The molecular weight excluding hydrogens is 1630 g/mol. The van der Waals surface area contributed by atoms with Gasteiger partial charge in [-0.2, -0.15) is 0 Å². The SMILES string of the molecule is OC(c1cc2cccc3c(C(O)c4cc5ccc6cccc7c8cccc9ccc4c(c98)c5c67)cc4cccc1c4c23)c1cc2ccc3cccc4c5cccc6ccc1c(c65)c2c34.OC(c1ccc2ccccc2c1)c1cc2ccc3c(C(O)c4ccc5ccccc5c4)cc4c(C(O)c5ccc6ccccc6c5)cc5cc(C(O)c6ccc7ccccc7c6)cc6c(c1)c2c3c4c56. The molecule has 6 nitrogen and oxygen atoms in total. The van der Waals surface area contributed by atoms with Crippen molar-refractivity contribution >= 4 is 237 Å². The molecule has 30 rings (SSSR count). The van der Waals surface area contributed by atoms with Crippen LogP contribution in [0.2, 0.25) is 0 Å². The number of fused-ring (bicyclic) bond motifs is 7. The molecule has 0 radical (unpaired) electrons. The second-order valence-corrected chi connectivity index (χ2v) is 37.6. The highest BCUT2D eigenvalue weighted by atomic mass is 16.3. The average molecular weight is 1710 g/mol. The van der Waals surface area contributed by atoms with Crippen LogP contribution in [0.3, 0.4) is 0 Å². The van der Waals surface area contributed by atoms with Gasteiger partial charge in [0.2, 0.25) is 0 Å². The largest absolute Gasteiger partial charge is 0.384 e. The Morgan fingerprint density at radius 2 is 0.321 bits per heavy atom. The van der Waals surface area contributed by atoms with Gasteiger partial charge in [0.15, 0.2) is 0 Å². The number of aliphatic hydroxyl groups excluding tert-OH is 6. The lowest BCUT2D eigenvalue weighted by molar-refractivity contribution is 0.220. The van der Waals surface area contributed by atoms with Crippen molar-refractivity contribution in [3.05, 3.63) is 467 Å². The normalized spacial score (nSPS) is 14.0. The van der Waals surface area contributed by atoms with Crippen LogP contribution in [-0.4, -0.2) is 30.6 Å². The van der Waals surface area contributed by atoms with Crippen LogP contribution in [0.4, 0.5) is 0 Å². The molecule has 6 unspecified atom stereocenters. The predicted octanol–water partition coefficient (Wildman–Crippen LogP) is 31.3. The van der Waals surface area contributed by atoms with E-state index in [1.165, 1.54) is 86.2 Å². The van der Waals surface area contributed by atoms with E-state index in [4.69, 9.17) is 0 Å². The van der Waals surface area contributed by atoms with Gasteiger partial charge in [-0.15, -0.1) is 0 Å². The minimum absolute atomic E-state index is 0.707. The first-order chi connectivity index (χ1) is 65.9. The summed E-state index contributed by atoms with van der Waals surface area (Å²) in [5.41, 5.74) is 9.61. The maximum Gasteiger partial charge on any atom is 0.105 e. The Morgan fingerprint density at radius 3 is 0.709 bits per heavy atom. The Morgan fingerprint density at radius 1 is 0.104 bits per heavy atom. The first-order valence-corrected chi connectivity index (χ1v) is 46.3. The van der Waals surface area contributed by atoms with Crippen LogP contribution < -0.4 is 0 Å². The summed E-state index contributed by atoms with van der Waals surface area (Å²) in [6.07, 6.45) is -5.70. The quantitative estimate of drug-likeness (QED) is 0.0535. The first-order valence-electron chi connectivity index (χ1n) is 46.3. The molecule has 134 heavy (non-hydrogen) atoms. The highest BCUT2D eigenvalue weighted by Gasteiger charge is 2.33. The molecule has 0 saturated heterocycles. The standard InChI is InChI=1S/C66H44O4.C62H34O2/c67-63(46-21-17-37-9-1-5-13-41(37)27-46)51-31-45-25-26-53-58(66(70)49-24-20-40-12-4-8-16-44(40)30-49)36-56-57(65(69)48-23-19-39-11-3-7-15-43(39)29-48)33-50-32-52(35-55-54(34-51)59(45)61(53)62(56)60(50)55)64(68)47-22-18-38-10-2-6-14-42(38)28-47;63-61(49-29-37-21-19-31-7-1-13-39-41-15-3-9-33-23-25-45(49)59(53(33)41)57(37)51(31)39)47-27-35-11-6-18-44-48(28-36-12-5-17-43(47)55(36)56(35)44)62(64)50-30-38-22-20-32-8-2-14-40-42-16-4-10-34-24-26-46(50)60(54(34)42)58(38)52(32)40/h1-36,63-70H;1-30,61-64H. The molecule has 6 atom stereocenters. The van der Waals surface area contributed by atoms with E-state index in [-0.39, 0.29) is 0 Å². The molecule has 6 heteroatoms. The van der Waals surface area contributed by atoms with Crippen LogP contribution in [0.1, 0.15) is 103 Å². The molecule has 0 heterocycles. The van der Waals surface area contributed by atoms with Crippen molar-refractivity contribution in [2.24, 2.45) is 0 Å². The Balaban J connectivity index is 0.000000131. The van der Waals surface area contributed by atoms with Gasteiger partial charge in [0.1, 0.15) is 36.6 Å². The van der Waals surface area contributed by atoms with E-state index in [1.807, 2.05) is 72.8 Å². The number of hydrogen-bond acceptors (Lipinski definition) is 6. The van der Waals surface area contributed by atoms with E-state index in [1.54, 1.807) is 0 Å². The number of benzene rings is 30. The molecule has 0 bridgehead atoms. The van der Waals surface area contributed by atoms with Crippen molar-refractivity contribution in [3.8, 4) is 0 Å². The summed E-state index contributed by atoms with van der Waals surface area (Å²) >= 11 is 0. The second-order valence-electron chi connectivity index (χ2n) is 37.6. The van der Waals surface area contributed by atoms with E-state index in [2.05, 4.69) is 328 Å². The van der Waals surface area contributed by atoms with Crippen LogP contribution in [-0.2, 0) is 0 Å². The van der Waals surface area contributed by atoms with Crippen molar-refractivity contribution in [2.75, 3.05) is 0 Å². The van der Waals surface area contributed by atoms with E-state index >= 15 is 0 Å². The van der Waals surface area contributed by atoms with E-state index in [0.29, 0.717) is 5.56 Å². The van der Waals surface area contributed by atoms with Gasteiger partial charge in [0.25, 0.3) is 0 Å². The van der Waals surface area contributed by atoms with Crippen LogP contribution in [0.5, 0.6) is 0 Å². The third-order valence-corrected chi connectivity index (χ3v) is 30.6. The van der Waals surface area contributed by atoms with Gasteiger partial charge >= 0.3 is 0 Å². The molecule has 30 aromatic carbocycles. The molecule has 0 saturated carbocycles. The molecular formula is C128H78O6. The Labute approximate surface area is 766 Å². The molecule has 30 aromatic rings. The minimum Gasteiger partial charge on any atom is -0.384 e. The Bertz CT molecular complexity index is 9880. The van der Waals surface area contributed by atoms with Crippen LogP contribution in [0, 0.1) is 0 Å². The van der Waals surface area contributed by atoms with Crippen molar-refractivity contribution in [1.29, 1.82) is 0 Å². The molecule has 6 N–H and O–H groups in total.